The standard InChI is InChI=1S/C23H24O8/c1-15(2)21(24)28-30-26-19-11-7-17(8-12-19)23(5,6)18-9-13-20(14-10-18)27-31-29-22(25)16(3)4/h7-14H,1,3H2,2,4-6H3. The van der Waals surface area contributed by atoms with Crippen molar-refractivity contribution >= 4 is 11.9 Å². The van der Waals surface area contributed by atoms with E-state index < -0.39 is 11.9 Å². The molecule has 0 unspecified atom stereocenters. The number of rotatable bonds is 10. The van der Waals surface area contributed by atoms with E-state index in [1.807, 2.05) is 24.3 Å². The number of carbonyl (C=O) groups excluding carboxylic acids is 2. The molecule has 0 aliphatic heterocycles. The van der Waals surface area contributed by atoms with Crippen LogP contribution in [0.2, 0.25) is 0 Å². The molecule has 0 spiro atoms. The molecule has 31 heavy (non-hydrogen) atoms. The largest absolute Gasteiger partial charge is 0.372 e. The highest BCUT2D eigenvalue weighted by molar-refractivity contribution is 5.86. The fourth-order valence-corrected chi connectivity index (χ4v) is 2.34. The summed E-state index contributed by atoms with van der Waals surface area (Å²) in [7, 11) is 0. The first kappa shape index (κ1) is 23.7. The maximum atomic E-state index is 11.2. The first-order valence-electron chi connectivity index (χ1n) is 9.24. The van der Waals surface area contributed by atoms with Crippen LogP contribution in [0.3, 0.4) is 0 Å². The summed E-state index contributed by atoms with van der Waals surface area (Å²) in [6.45, 7) is 14.0. The Balaban J connectivity index is 1.96. The van der Waals surface area contributed by atoms with E-state index in [1.165, 1.54) is 13.8 Å². The van der Waals surface area contributed by atoms with Gasteiger partial charge >= 0.3 is 11.9 Å². The van der Waals surface area contributed by atoms with E-state index in [-0.39, 0.29) is 16.6 Å². The van der Waals surface area contributed by atoms with E-state index in [0.717, 1.165) is 11.1 Å². The molecule has 8 heteroatoms. The summed E-state index contributed by atoms with van der Waals surface area (Å²) in [5, 5.41) is 8.91. The molecule has 0 radical (unpaired) electrons. The third kappa shape index (κ3) is 6.70. The lowest BCUT2D eigenvalue weighted by atomic mass is 9.78. The molecule has 2 aromatic rings. The highest BCUT2D eigenvalue weighted by atomic mass is 17.5. The van der Waals surface area contributed by atoms with Crippen molar-refractivity contribution in [1.82, 2.24) is 0 Å². The highest BCUT2D eigenvalue weighted by Crippen LogP contribution is 2.33. The van der Waals surface area contributed by atoms with E-state index in [0.29, 0.717) is 11.5 Å². The van der Waals surface area contributed by atoms with Crippen molar-refractivity contribution in [2.45, 2.75) is 33.1 Å². The van der Waals surface area contributed by atoms with Gasteiger partial charge in [-0.2, -0.15) is 0 Å². The summed E-state index contributed by atoms with van der Waals surface area (Å²) >= 11 is 0. The smallest absolute Gasteiger partial charge is 0.299 e. The van der Waals surface area contributed by atoms with Gasteiger partial charge in [-0.3, -0.25) is 19.6 Å². The van der Waals surface area contributed by atoms with Gasteiger partial charge in [-0.05, 0) is 49.2 Å². The molecule has 0 N–H and O–H groups in total. The Kier molecular flexibility index (Phi) is 7.95. The van der Waals surface area contributed by atoms with Crippen LogP contribution in [0.5, 0.6) is 11.5 Å². The average Bonchev–Trinajstić information content (AvgIpc) is 2.74. The molecule has 0 saturated heterocycles. The van der Waals surface area contributed by atoms with Crippen LogP contribution < -0.4 is 9.78 Å². The van der Waals surface area contributed by atoms with Crippen LogP contribution in [0, 0.1) is 0 Å². The second kappa shape index (κ2) is 10.4. The molecule has 0 aliphatic carbocycles. The third-order valence-corrected chi connectivity index (χ3v) is 4.33. The van der Waals surface area contributed by atoms with Crippen molar-refractivity contribution in [3.05, 3.63) is 84.0 Å². The van der Waals surface area contributed by atoms with E-state index in [4.69, 9.17) is 9.78 Å². The molecule has 0 fully saturated rings. The molecule has 0 bridgehead atoms. The second-order valence-electron chi connectivity index (χ2n) is 7.28. The van der Waals surface area contributed by atoms with Crippen molar-refractivity contribution in [2.24, 2.45) is 0 Å². The van der Waals surface area contributed by atoms with Crippen LogP contribution in [-0.4, -0.2) is 11.9 Å². The van der Waals surface area contributed by atoms with Gasteiger partial charge in [0.05, 0.1) is 0 Å². The minimum absolute atomic E-state index is 0.191. The van der Waals surface area contributed by atoms with Crippen molar-refractivity contribution < 1.29 is 39.2 Å². The van der Waals surface area contributed by atoms with Crippen LogP contribution in [0.1, 0.15) is 38.8 Å². The number of benzene rings is 2. The maximum Gasteiger partial charge on any atom is 0.372 e. The van der Waals surface area contributed by atoms with Gasteiger partial charge in [0.15, 0.2) is 11.5 Å². The number of hydrogen-bond acceptors (Lipinski definition) is 8. The Labute approximate surface area is 180 Å². The van der Waals surface area contributed by atoms with E-state index >= 15 is 0 Å². The molecule has 0 aliphatic rings. The summed E-state index contributed by atoms with van der Waals surface area (Å²) in [4.78, 5) is 41.2. The fraction of sp³-hybridized carbons (Fsp3) is 0.217. The van der Waals surface area contributed by atoms with E-state index in [9.17, 15) is 9.59 Å². The quantitative estimate of drug-likeness (QED) is 0.306. The minimum Gasteiger partial charge on any atom is -0.299 e. The lowest BCUT2D eigenvalue weighted by Crippen LogP contribution is -2.18. The average molecular weight is 428 g/mol. The number of hydrogen-bond donors (Lipinski definition) is 0. The molecule has 0 amide bonds. The lowest BCUT2D eigenvalue weighted by molar-refractivity contribution is -0.435. The molecule has 0 atom stereocenters. The normalized spacial score (nSPS) is 10.7. The van der Waals surface area contributed by atoms with E-state index in [2.05, 4.69) is 46.9 Å². The maximum absolute atomic E-state index is 11.2. The molecule has 2 aromatic carbocycles. The van der Waals surface area contributed by atoms with Crippen LogP contribution in [0.15, 0.2) is 72.8 Å². The zero-order valence-corrected chi connectivity index (χ0v) is 17.8. The van der Waals surface area contributed by atoms with Crippen LogP contribution in [-0.2, 0) is 34.9 Å². The molecular weight excluding hydrogens is 404 g/mol. The molecule has 2 rings (SSSR count). The Bertz CT molecular complexity index is 865. The highest BCUT2D eigenvalue weighted by Gasteiger charge is 2.23. The Morgan fingerprint density at radius 3 is 1.29 bits per heavy atom. The predicted octanol–water partition coefficient (Wildman–Crippen LogP) is 4.70. The van der Waals surface area contributed by atoms with Crippen LogP contribution >= 0.6 is 0 Å². The van der Waals surface area contributed by atoms with Gasteiger partial charge in [-0.15, -0.1) is 0 Å². The van der Waals surface area contributed by atoms with Crippen LogP contribution in [0.25, 0.3) is 0 Å². The summed E-state index contributed by atoms with van der Waals surface area (Å²) in [6, 6.07) is 14.2. The topological polar surface area (TPSA) is 89.5 Å². The molecule has 164 valence electrons. The van der Waals surface area contributed by atoms with Gasteiger partial charge in [0.25, 0.3) is 0 Å². The lowest BCUT2D eigenvalue weighted by Gasteiger charge is -2.26. The predicted molar refractivity (Wildman–Crippen MR) is 110 cm³/mol. The molecule has 0 aromatic heterocycles. The van der Waals surface area contributed by atoms with Crippen molar-refractivity contribution in [1.29, 1.82) is 0 Å². The molecular formula is C23H24O8. The first-order valence-corrected chi connectivity index (χ1v) is 9.24. The Morgan fingerprint density at radius 2 is 1.00 bits per heavy atom. The summed E-state index contributed by atoms with van der Waals surface area (Å²) in [5.74, 6) is -0.715. The molecule has 0 heterocycles. The van der Waals surface area contributed by atoms with Gasteiger partial charge in [-0.1, -0.05) is 51.3 Å². The van der Waals surface area contributed by atoms with E-state index in [1.54, 1.807) is 24.3 Å². The molecule has 0 saturated carbocycles. The Morgan fingerprint density at radius 1 is 0.677 bits per heavy atom. The van der Waals surface area contributed by atoms with Crippen LogP contribution in [0.4, 0.5) is 0 Å². The fourth-order valence-electron chi connectivity index (χ4n) is 2.34. The zero-order chi connectivity index (χ0) is 23.0. The third-order valence-electron chi connectivity index (χ3n) is 4.33. The molecule has 8 nitrogen and oxygen atoms in total. The van der Waals surface area contributed by atoms with Crippen molar-refractivity contribution in [3.63, 3.8) is 0 Å². The van der Waals surface area contributed by atoms with Gasteiger partial charge in [0, 0.05) is 26.6 Å². The minimum atomic E-state index is -0.718. The second-order valence-corrected chi connectivity index (χ2v) is 7.28. The summed E-state index contributed by atoms with van der Waals surface area (Å²) in [6.07, 6.45) is 0. The monoisotopic (exact) mass is 428 g/mol. The van der Waals surface area contributed by atoms with Gasteiger partial charge < -0.3 is 0 Å². The number of carbonyl (C=O) groups is 2. The van der Waals surface area contributed by atoms with Crippen molar-refractivity contribution in [3.8, 4) is 11.5 Å². The Hall–Kier alpha value is -3.62. The zero-order valence-electron chi connectivity index (χ0n) is 17.8. The van der Waals surface area contributed by atoms with Gasteiger partial charge in [0.1, 0.15) is 0 Å². The SMILES string of the molecule is C=C(C)C(=O)OOOc1ccc(C(C)(C)c2ccc(OOOC(=O)C(=C)C)cc2)cc1. The van der Waals surface area contributed by atoms with Gasteiger partial charge in [0.2, 0.25) is 0 Å². The first-order chi connectivity index (χ1) is 14.6. The van der Waals surface area contributed by atoms with Crippen molar-refractivity contribution in [2.75, 3.05) is 0 Å². The van der Waals surface area contributed by atoms with Gasteiger partial charge in [-0.25, -0.2) is 9.59 Å². The summed E-state index contributed by atoms with van der Waals surface area (Å²) in [5.41, 5.74) is 2.03. The summed E-state index contributed by atoms with van der Waals surface area (Å²) < 4.78 is 0.